The maximum atomic E-state index is 2.57. The van der Waals surface area contributed by atoms with Gasteiger partial charge < -0.3 is 0 Å². The van der Waals surface area contributed by atoms with E-state index in [0.29, 0.717) is 0 Å². The first kappa shape index (κ1) is 38.6. The van der Waals surface area contributed by atoms with E-state index in [1.165, 1.54) is 211 Å². The molecule has 1 heterocycles. The van der Waals surface area contributed by atoms with Gasteiger partial charge in [0.05, 0.1) is 6.54 Å². The second kappa shape index (κ2) is 28.9. The summed E-state index contributed by atoms with van der Waals surface area (Å²) in [5, 5.41) is 0. The van der Waals surface area contributed by atoms with Gasteiger partial charge in [-0.05, 0) is 31.4 Å². The minimum Gasteiger partial charge on any atom is -0.234 e. The van der Waals surface area contributed by atoms with Gasteiger partial charge in [0.25, 0.3) is 5.82 Å². The average Bonchev–Trinajstić information content (AvgIpc) is 3.45. The summed E-state index contributed by atoms with van der Waals surface area (Å²) in [4.78, 5) is 0. The highest BCUT2D eigenvalue weighted by Gasteiger charge is 2.18. The van der Waals surface area contributed by atoms with E-state index in [0.717, 1.165) is 0 Å². The van der Waals surface area contributed by atoms with Gasteiger partial charge in [-0.3, -0.25) is 0 Å². The molecule has 0 radical (unpaired) electrons. The lowest BCUT2D eigenvalue weighted by molar-refractivity contribution is -0.704. The quantitative estimate of drug-likeness (QED) is 0.0578. The molecule has 0 saturated heterocycles. The molecule has 44 heavy (non-hydrogen) atoms. The summed E-state index contributed by atoms with van der Waals surface area (Å²) < 4.78 is 5.02. The molecule has 0 fully saturated rings. The Kier molecular flexibility index (Phi) is 25.3. The maximum Gasteiger partial charge on any atom is 0.261 e. The third-order valence-corrected chi connectivity index (χ3v) is 9.80. The number of rotatable bonds is 32. The molecule has 0 unspecified atom stereocenters. The highest BCUT2D eigenvalue weighted by molar-refractivity contribution is 5.31. The smallest absolute Gasteiger partial charge is 0.234 e. The molecular weight excluding hydrogens is 532 g/mol. The molecule has 2 heteroatoms. The summed E-state index contributed by atoms with van der Waals surface area (Å²) in [5.41, 5.74) is 1.31. The van der Waals surface area contributed by atoms with Crippen molar-refractivity contribution in [3.63, 3.8) is 0 Å². The normalized spacial score (nSPS) is 11.5. The summed E-state index contributed by atoms with van der Waals surface area (Å²) in [7, 11) is 0. The molecule has 0 atom stereocenters. The molecule has 2 aromatic rings. The number of aromatic nitrogens is 2. The van der Waals surface area contributed by atoms with Gasteiger partial charge in [-0.15, -0.1) is 0 Å². The van der Waals surface area contributed by atoms with E-state index in [1.54, 1.807) is 0 Å². The van der Waals surface area contributed by atoms with Crippen LogP contribution < -0.4 is 4.57 Å². The van der Waals surface area contributed by atoms with Gasteiger partial charge in [-0.1, -0.05) is 199 Å². The summed E-state index contributed by atoms with van der Waals surface area (Å²) >= 11 is 0. The number of hydrogen-bond acceptors (Lipinski definition) is 0. The van der Waals surface area contributed by atoms with Crippen LogP contribution in [0.5, 0.6) is 0 Å². The van der Waals surface area contributed by atoms with Gasteiger partial charge in [0.1, 0.15) is 18.1 Å². The summed E-state index contributed by atoms with van der Waals surface area (Å²) in [5.74, 6) is 1.50. The fraction of sp³-hybridized carbons (Fsp3) is 0.786. The van der Waals surface area contributed by atoms with E-state index in [-0.39, 0.29) is 0 Å². The van der Waals surface area contributed by atoms with E-state index in [2.05, 4.69) is 65.7 Å². The Labute approximate surface area is 275 Å². The minimum absolute atomic E-state index is 1.17. The molecule has 252 valence electrons. The van der Waals surface area contributed by atoms with E-state index in [4.69, 9.17) is 0 Å². The second-order valence-electron chi connectivity index (χ2n) is 13.9. The van der Waals surface area contributed by atoms with Crippen molar-refractivity contribution in [1.82, 2.24) is 4.57 Å². The Bertz CT molecular complexity index is 854. The molecular formula is C42H75N2+. The Morgan fingerprint density at radius 2 is 0.795 bits per heavy atom. The van der Waals surface area contributed by atoms with Gasteiger partial charge in [-0.2, -0.15) is 4.57 Å². The first-order chi connectivity index (χ1) is 21.9. The SMILES string of the molecule is CCCCCCCCCCCCCCCCCC[n+]1ccn(-c2ccccc2)c1CCCCCCCCCCCCCCC. The lowest BCUT2D eigenvalue weighted by Gasteiger charge is -2.07. The zero-order valence-corrected chi connectivity index (χ0v) is 29.9. The topological polar surface area (TPSA) is 8.81 Å². The Hall–Kier alpha value is -1.57. The average molecular weight is 608 g/mol. The van der Waals surface area contributed by atoms with Gasteiger partial charge in [-0.25, -0.2) is 4.57 Å². The number of aryl methyl sites for hydroxylation is 1. The summed E-state index contributed by atoms with van der Waals surface area (Å²) in [6.07, 6.45) is 47.2. The van der Waals surface area contributed by atoms with E-state index in [9.17, 15) is 0 Å². The van der Waals surface area contributed by atoms with E-state index < -0.39 is 0 Å². The van der Waals surface area contributed by atoms with Crippen LogP contribution in [0.3, 0.4) is 0 Å². The van der Waals surface area contributed by atoms with Crippen molar-refractivity contribution in [3.8, 4) is 5.69 Å². The molecule has 2 rings (SSSR count). The maximum absolute atomic E-state index is 2.57. The van der Waals surface area contributed by atoms with Crippen LogP contribution in [0.4, 0.5) is 0 Å². The van der Waals surface area contributed by atoms with Crippen LogP contribution >= 0.6 is 0 Å². The molecule has 0 aliphatic rings. The third-order valence-electron chi connectivity index (χ3n) is 9.80. The molecule has 1 aromatic carbocycles. The van der Waals surface area contributed by atoms with Crippen molar-refractivity contribution in [2.45, 2.75) is 213 Å². The minimum atomic E-state index is 1.17. The number of para-hydroxylation sites is 1. The van der Waals surface area contributed by atoms with Crippen LogP contribution in [0.2, 0.25) is 0 Å². The molecule has 2 nitrogen and oxygen atoms in total. The number of benzene rings is 1. The Morgan fingerprint density at radius 1 is 0.432 bits per heavy atom. The van der Waals surface area contributed by atoms with Crippen LogP contribution in [0.1, 0.15) is 206 Å². The van der Waals surface area contributed by atoms with Crippen LogP contribution in [0.25, 0.3) is 5.69 Å². The molecule has 0 amide bonds. The third kappa shape index (κ3) is 19.7. The lowest BCUT2D eigenvalue weighted by Crippen LogP contribution is -2.37. The van der Waals surface area contributed by atoms with Crippen molar-refractivity contribution in [2.24, 2.45) is 0 Å². The number of nitrogens with zero attached hydrogens (tertiary/aromatic N) is 2. The van der Waals surface area contributed by atoms with Crippen molar-refractivity contribution in [2.75, 3.05) is 0 Å². The predicted molar refractivity (Wildman–Crippen MR) is 195 cm³/mol. The van der Waals surface area contributed by atoms with E-state index >= 15 is 0 Å². The number of hydrogen-bond donors (Lipinski definition) is 0. The standard InChI is InChI=1S/C42H75N2/c1-3-5-7-9-11-13-15-17-18-19-21-23-25-27-29-34-38-43-39-40-44(41-35-31-30-32-36-41)42(43)37-33-28-26-24-22-20-16-14-12-10-8-6-4-2/h30-32,35-36,39-40H,3-29,33-34,37-38H2,1-2H3/q+1. The first-order valence-electron chi connectivity index (χ1n) is 20.0. The Balaban J connectivity index is 1.55. The van der Waals surface area contributed by atoms with Crippen molar-refractivity contribution in [3.05, 3.63) is 48.5 Å². The van der Waals surface area contributed by atoms with Gasteiger partial charge in [0.2, 0.25) is 0 Å². The van der Waals surface area contributed by atoms with Crippen LogP contribution in [-0.2, 0) is 13.0 Å². The molecule has 1 aromatic heterocycles. The highest BCUT2D eigenvalue weighted by atomic mass is 15.1. The predicted octanol–water partition coefficient (Wildman–Crippen LogP) is 13.7. The van der Waals surface area contributed by atoms with Crippen LogP contribution in [-0.4, -0.2) is 4.57 Å². The monoisotopic (exact) mass is 608 g/mol. The van der Waals surface area contributed by atoms with Crippen molar-refractivity contribution < 1.29 is 4.57 Å². The molecule has 0 aliphatic carbocycles. The van der Waals surface area contributed by atoms with Gasteiger partial charge in [0.15, 0.2) is 0 Å². The van der Waals surface area contributed by atoms with Crippen molar-refractivity contribution >= 4 is 0 Å². The molecule has 0 aliphatic heterocycles. The largest absolute Gasteiger partial charge is 0.261 e. The van der Waals surface area contributed by atoms with Crippen LogP contribution in [0, 0.1) is 0 Å². The second-order valence-corrected chi connectivity index (χ2v) is 13.9. The van der Waals surface area contributed by atoms with Gasteiger partial charge in [0, 0.05) is 6.42 Å². The Morgan fingerprint density at radius 3 is 1.20 bits per heavy atom. The molecule has 0 bridgehead atoms. The fourth-order valence-electron chi connectivity index (χ4n) is 6.88. The number of unbranched alkanes of at least 4 members (excludes halogenated alkanes) is 27. The van der Waals surface area contributed by atoms with Crippen molar-refractivity contribution in [1.29, 1.82) is 0 Å². The fourth-order valence-corrected chi connectivity index (χ4v) is 6.88. The zero-order chi connectivity index (χ0) is 31.2. The molecule has 0 N–H and O–H groups in total. The molecule has 0 spiro atoms. The van der Waals surface area contributed by atoms with Gasteiger partial charge >= 0.3 is 0 Å². The van der Waals surface area contributed by atoms with Crippen LogP contribution in [0.15, 0.2) is 42.7 Å². The summed E-state index contributed by atoms with van der Waals surface area (Å²) in [6.45, 7) is 5.79. The lowest BCUT2D eigenvalue weighted by atomic mass is 10.0. The zero-order valence-electron chi connectivity index (χ0n) is 29.9. The summed E-state index contributed by atoms with van der Waals surface area (Å²) in [6, 6.07) is 11.0. The first-order valence-corrected chi connectivity index (χ1v) is 20.0. The molecule has 0 saturated carbocycles. The van der Waals surface area contributed by atoms with E-state index in [1.807, 2.05) is 0 Å². The number of imidazole rings is 1. The highest BCUT2D eigenvalue weighted by Crippen LogP contribution is 2.17.